The molecule has 0 saturated heterocycles. The molecule has 0 heterocycles. The van der Waals surface area contributed by atoms with E-state index >= 15 is 0 Å². The van der Waals surface area contributed by atoms with E-state index in [-0.39, 0.29) is 5.92 Å². The molecule has 86 valence electrons. The number of fused-ring (bicyclic) bond motifs is 1. The van der Waals surface area contributed by atoms with Gasteiger partial charge in [-0.3, -0.25) is 0 Å². The van der Waals surface area contributed by atoms with Gasteiger partial charge in [-0.15, -0.1) is 0 Å². The summed E-state index contributed by atoms with van der Waals surface area (Å²) < 4.78 is 26.1. The largest absolute Gasteiger partial charge is 0.204 e. The Morgan fingerprint density at radius 2 is 1.76 bits per heavy atom. The minimum atomic E-state index is -0.778. The number of aryl methyl sites for hydroxylation is 1. The minimum Gasteiger partial charge on any atom is -0.204 e. The molecule has 3 rings (SSSR count). The molecule has 2 heteroatoms. The van der Waals surface area contributed by atoms with Gasteiger partial charge in [-0.25, -0.2) is 8.78 Å². The quantitative estimate of drug-likeness (QED) is 0.693. The van der Waals surface area contributed by atoms with Crippen molar-refractivity contribution in [1.82, 2.24) is 0 Å². The van der Waals surface area contributed by atoms with Gasteiger partial charge in [0.1, 0.15) is 0 Å². The SMILES string of the molecule is Fc1ccc(C2CCc3ccccc32)cc1F. The molecular formula is C15H12F2. The predicted octanol–water partition coefficient (Wildman–Crippen LogP) is 4.04. The van der Waals surface area contributed by atoms with Gasteiger partial charge in [0, 0.05) is 5.92 Å². The van der Waals surface area contributed by atoms with Crippen molar-refractivity contribution in [2.24, 2.45) is 0 Å². The number of hydrogen-bond acceptors (Lipinski definition) is 0. The summed E-state index contributed by atoms with van der Waals surface area (Å²) in [4.78, 5) is 0. The van der Waals surface area contributed by atoms with Crippen molar-refractivity contribution in [2.45, 2.75) is 18.8 Å². The highest BCUT2D eigenvalue weighted by atomic mass is 19.2. The molecule has 0 N–H and O–H groups in total. The summed E-state index contributed by atoms with van der Waals surface area (Å²) >= 11 is 0. The first kappa shape index (κ1) is 10.5. The van der Waals surface area contributed by atoms with Crippen LogP contribution >= 0.6 is 0 Å². The van der Waals surface area contributed by atoms with Crippen LogP contribution in [0.2, 0.25) is 0 Å². The second kappa shape index (κ2) is 3.95. The van der Waals surface area contributed by atoms with Crippen LogP contribution in [0.4, 0.5) is 8.78 Å². The predicted molar refractivity (Wildman–Crippen MR) is 63.0 cm³/mol. The Balaban J connectivity index is 2.04. The number of halogens is 2. The van der Waals surface area contributed by atoms with Crippen molar-refractivity contribution in [3.63, 3.8) is 0 Å². The van der Waals surface area contributed by atoms with Crippen molar-refractivity contribution >= 4 is 0 Å². The van der Waals surface area contributed by atoms with Gasteiger partial charge in [0.25, 0.3) is 0 Å². The first-order valence-electron chi connectivity index (χ1n) is 5.78. The lowest BCUT2D eigenvalue weighted by atomic mass is 9.93. The Labute approximate surface area is 98.9 Å². The second-order valence-electron chi connectivity index (χ2n) is 4.46. The van der Waals surface area contributed by atoms with E-state index in [1.165, 1.54) is 23.3 Å². The average molecular weight is 230 g/mol. The fraction of sp³-hybridized carbons (Fsp3) is 0.200. The van der Waals surface area contributed by atoms with E-state index in [0.717, 1.165) is 18.4 Å². The average Bonchev–Trinajstić information content (AvgIpc) is 2.76. The Kier molecular flexibility index (Phi) is 2.43. The van der Waals surface area contributed by atoms with Crippen molar-refractivity contribution in [3.8, 4) is 0 Å². The summed E-state index contributed by atoms with van der Waals surface area (Å²) in [5.41, 5.74) is 3.44. The molecule has 0 aromatic heterocycles. The monoisotopic (exact) mass is 230 g/mol. The van der Waals surface area contributed by atoms with Crippen LogP contribution in [-0.2, 0) is 6.42 Å². The van der Waals surface area contributed by atoms with Crippen molar-refractivity contribution < 1.29 is 8.78 Å². The molecular weight excluding hydrogens is 218 g/mol. The van der Waals surface area contributed by atoms with E-state index in [0.29, 0.717) is 0 Å². The van der Waals surface area contributed by atoms with E-state index in [4.69, 9.17) is 0 Å². The second-order valence-corrected chi connectivity index (χ2v) is 4.46. The number of rotatable bonds is 1. The van der Waals surface area contributed by atoms with Gasteiger partial charge in [0.05, 0.1) is 0 Å². The maximum Gasteiger partial charge on any atom is 0.159 e. The third-order valence-corrected chi connectivity index (χ3v) is 3.48. The van der Waals surface area contributed by atoms with Crippen LogP contribution < -0.4 is 0 Å². The van der Waals surface area contributed by atoms with Crippen LogP contribution in [-0.4, -0.2) is 0 Å². The minimum absolute atomic E-state index is 0.210. The molecule has 2 aromatic rings. The van der Waals surface area contributed by atoms with Gasteiger partial charge < -0.3 is 0 Å². The van der Waals surface area contributed by atoms with Crippen LogP contribution in [0.3, 0.4) is 0 Å². The standard InChI is InChI=1S/C15H12F2/c16-14-8-6-11(9-15(14)17)13-7-5-10-3-1-2-4-12(10)13/h1-4,6,8-9,13H,5,7H2. The number of hydrogen-bond donors (Lipinski definition) is 0. The summed E-state index contributed by atoms with van der Waals surface area (Å²) in [7, 11) is 0. The summed E-state index contributed by atoms with van der Waals surface area (Å²) in [6.07, 6.45) is 1.99. The lowest BCUT2D eigenvalue weighted by Crippen LogP contribution is -1.97. The molecule has 0 radical (unpaired) electrons. The summed E-state index contributed by atoms with van der Waals surface area (Å²) in [6.45, 7) is 0. The van der Waals surface area contributed by atoms with E-state index in [1.54, 1.807) is 6.07 Å². The van der Waals surface area contributed by atoms with Gasteiger partial charge in [-0.05, 0) is 41.7 Å². The van der Waals surface area contributed by atoms with Crippen LogP contribution in [0.15, 0.2) is 42.5 Å². The lowest BCUT2D eigenvalue weighted by Gasteiger charge is -2.12. The van der Waals surface area contributed by atoms with Crippen LogP contribution in [0.1, 0.15) is 29.0 Å². The Hall–Kier alpha value is -1.70. The summed E-state index contributed by atoms with van der Waals surface area (Å²) in [5, 5.41) is 0. The number of benzene rings is 2. The zero-order valence-corrected chi connectivity index (χ0v) is 9.29. The third kappa shape index (κ3) is 1.74. The van der Waals surface area contributed by atoms with Gasteiger partial charge >= 0.3 is 0 Å². The van der Waals surface area contributed by atoms with E-state index in [2.05, 4.69) is 12.1 Å². The van der Waals surface area contributed by atoms with Crippen molar-refractivity contribution in [2.75, 3.05) is 0 Å². The first-order valence-corrected chi connectivity index (χ1v) is 5.78. The lowest BCUT2D eigenvalue weighted by molar-refractivity contribution is 0.506. The molecule has 0 nitrogen and oxygen atoms in total. The molecule has 1 aliphatic carbocycles. The topological polar surface area (TPSA) is 0 Å². The molecule has 1 atom stereocenters. The fourth-order valence-electron chi connectivity index (χ4n) is 2.63. The zero-order valence-electron chi connectivity index (χ0n) is 9.29. The summed E-state index contributed by atoms with van der Waals surface area (Å²) in [5.74, 6) is -1.33. The van der Waals surface area contributed by atoms with Crippen molar-refractivity contribution in [3.05, 3.63) is 70.8 Å². The first-order chi connectivity index (χ1) is 8.25. The molecule has 0 spiro atoms. The molecule has 2 aromatic carbocycles. The van der Waals surface area contributed by atoms with Gasteiger partial charge in [0.15, 0.2) is 11.6 Å². The maximum atomic E-state index is 13.2. The molecule has 1 unspecified atom stereocenters. The highest BCUT2D eigenvalue weighted by Crippen LogP contribution is 2.38. The molecule has 0 aliphatic heterocycles. The maximum absolute atomic E-state index is 13.2. The molecule has 0 saturated carbocycles. The highest BCUT2D eigenvalue weighted by Gasteiger charge is 2.23. The molecule has 0 fully saturated rings. The van der Waals surface area contributed by atoms with Gasteiger partial charge in [-0.2, -0.15) is 0 Å². The Bertz CT molecular complexity index is 561. The summed E-state index contributed by atoms with van der Waals surface area (Å²) in [6, 6.07) is 12.4. The smallest absolute Gasteiger partial charge is 0.159 e. The molecule has 0 bridgehead atoms. The molecule has 1 aliphatic rings. The van der Waals surface area contributed by atoms with E-state index in [1.807, 2.05) is 12.1 Å². The normalized spacial score (nSPS) is 18.1. The molecule has 0 amide bonds. The Morgan fingerprint density at radius 3 is 2.59 bits per heavy atom. The Morgan fingerprint density at radius 1 is 0.941 bits per heavy atom. The van der Waals surface area contributed by atoms with E-state index < -0.39 is 11.6 Å². The fourth-order valence-corrected chi connectivity index (χ4v) is 2.63. The van der Waals surface area contributed by atoms with Gasteiger partial charge in [-0.1, -0.05) is 30.3 Å². The van der Waals surface area contributed by atoms with Crippen LogP contribution in [0, 0.1) is 11.6 Å². The van der Waals surface area contributed by atoms with E-state index in [9.17, 15) is 8.78 Å². The third-order valence-electron chi connectivity index (χ3n) is 3.48. The van der Waals surface area contributed by atoms with Crippen molar-refractivity contribution in [1.29, 1.82) is 0 Å². The molecule has 17 heavy (non-hydrogen) atoms. The zero-order chi connectivity index (χ0) is 11.8. The van der Waals surface area contributed by atoms with Gasteiger partial charge in [0.2, 0.25) is 0 Å². The highest BCUT2D eigenvalue weighted by molar-refractivity contribution is 5.42. The van der Waals surface area contributed by atoms with Crippen LogP contribution in [0.5, 0.6) is 0 Å². The van der Waals surface area contributed by atoms with Crippen LogP contribution in [0.25, 0.3) is 0 Å².